The van der Waals surface area contributed by atoms with Crippen molar-refractivity contribution < 1.29 is 13.2 Å². The number of rotatable bonds is 7. The molecule has 0 aliphatic rings. The molecule has 1 amide bonds. The Morgan fingerprint density at radius 3 is 2.55 bits per heavy atom. The fraction of sp³-hybridized carbons (Fsp3) is 0.263. The van der Waals surface area contributed by atoms with Gasteiger partial charge in [-0.1, -0.05) is 12.1 Å². The summed E-state index contributed by atoms with van der Waals surface area (Å²) in [4.78, 5) is 12.4. The van der Waals surface area contributed by atoms with E-state index in [0.717, 1.165) is 11.1 Å². The van der Waals surface area contributed by atoms with Crippen LogP contribution in [0.5, 0.6) is 0 Å². The molecule has 2 aromatic carbocycles. The number of amides is 1. The molecule has 10 heteroatoms. The molecule has 1 aromatic heterocycles. The topological polar surface area (TPSA) is 119 Å². The minimum atomic E-state index is -3.66. The summed E-state index contributed by atoms with van der Waals surface area (Å²) in [5, 5.41) is 14.1. The summed E-state index contributed by atoms with van der Waals surface area (Å²) in [7, 11) is -3.66. The zero-order valence-electron chi connectivity index (χ0n) is 16.4. The highest BCUT2D eigenvalue weighted by atomic mass is 32.2. The van der Waals surface area contributed by atoms with Crippen LogP contribution in [-0.2, 0) is 14.8 Å². The van der Waals surface area contributed by atoms with Crippen molar-refractivity contribution in [1.82, 2.24) is 24.9 Å². The molecule has 3 aromatic rings. The molecule has 0 spiro atoms. The van der Waals surface area contributed by atoms with E-state index >= 15 is 0 Å². The second-order valence-corrected chi connectivity index (χ2v) is 8.40. The number of tetrazole rings is 1. The average molecular weight is 414 g/mol. The predicted molar refractivity (Wildman–Crippen MR) is 108 cm³/mol. The summed E-state index contributed by atoms with van der Waals surface area (Å²) in [5.74, 6) is 0.313. The first-order valence-electron chi connectivity index (χ1n) is 8.98. The number of hydrogen-bond donors (Lipinski definition) is 2. The van der Waals surface area contributed by atoms with Crippen molar-refractivity contribution >= 4 is 21.6 Å². The van der Waals surface area contributed by atoms with Crippen LogP contribution in [0.2, 0.25) is 0 Å². The zero-order valence-corrected chi connectivity index (χ0v) is 17.2. The number of nitrogens with one attached hydrogen (secondary N) is 2. The van der Waals surface area contributed by atoms with E-state index in [9.17, 15) is 13.2 Å². The Morgan fingerprint density at radius 2 is 1.86 bits per heavy atom. The summed E-state index contributed by atoms with van der Waals surface area (Å²) < 4.78 is 28.8. The minimum absolute atomic E-state index is 0.00178. The van der Waals surface area contributed by atoms with Crippen molar-refractivity contribution in [3.05, 3.63) is 59.4 Å². The van der Waals surface area contributed by atoms with Gasteiger partial charge in [-0.3, -0.25) is 4.79 Å². The lowest BCUT2D eigenvalue weighted by Crippen LogP contribution is -2.28. The third-order valence-electron chi connectivity index (χ3n) is 4.43. The van der Waals surface area contributed by atoms with Crippen molar-refractivity contribution in [2.75, 3.05) is 11.9 Å². The first-order chi connectivity index (χ1) is 13.8. The van der Waals surface area contributed by atoms with Crippen molar-refractivity contribution in [2.45, 2.75) is 32.1 Å². The number of benzene rings is 2. The van der Waals surface area contributed by atoms with E-state index in [1.54, 1.807) is 48.0 Å². The lowest BCUT2D eigenvalue weighted by molar-refractivity contribution is -0.116. The van der Waals surface area contributed by atoms with E-state index < -0.39 is 10.0 Å². The van der Waals surface area contributed by atoms with Crippen LogP contribution >= 0.6 is 0 Å². The molecule has 0 bridgehead atoms. The van der Waals surface area contributed by atoms with Crippen molar-refractivity contribution in [3.8, 4) is 5.69 Å². The van der Waals surface area contributed by atoms with Crippen molar-refractivity contribution in [2.24, 2.45) is 0 Å². The first-order valence-corrected chi connectivity index (χ1v) is 10.5. The van der Waals surface area contributed by atoms with Gasteiger partial charge in [0.1, 0.15) is 0 Å². The van der Waals surface area contributed by atoms with Gasteiger partial charge in [0.2, 0.25) is 15.9 Å². The maximum atomic E-state index is 12.4. The van der Waals surface area contributed by atoms with Crippen LogP contribution in [0.15, 0.2) is 47.4 Å². The van der Waals surface area contributed by atoms with Gasteiger partial charge in [0, 0.05) is 18.7 Å². The van der Waals surface area contributed by atoms with E-state index in [-0.39, 0.29) is 23.8 Å². The lowest BCUT2D eigenvalue weighted by Gasteiger charge is -2.10. The third kappa shape index (κ3) is 5.04. The van der Waals surface area contributed by atoms with Crippen LogP contribution in [0.4, 0.5) is 5.69 Å². The molecule has 2 N–H and O–H groups in total. The number of sulfonamides is 1. The fourth-order valence-corrected chi connectivity index (χ4v) is 3.79. The van der Waals surface area contributed by atoms with E-state index in [4.69, 9.17) is 0 Å². The Labute approximate surface area is 169 Å². The molecule has 9 nitrogen and oxygen atoms in total. The number of aromatic nitrogens is 4. The Kier molecular flexibility index (Phi) is 6.04. The van der Waals surface area contributed by atoms with Crippen LogP contribution < -0.4 is 10.0 Å². The van der Waals surface area contributed by atoms with Crippen LogP contribution in [0.1, 0.15) is 23.4 Å². The minimum Gasteiger partial charge on any atom is -0.326 e. The van der Waals surface area contributed by atoms with Gasteiger partial charge in [-0.2, -0.15) is 4.68 Å². The van der Waals surface area contributed by atoms with Gasteiger partial charge >= 0.3 is 0 Å². The molecule has 0 radical (unpaired) electrons. The smallest absolute Gasteiger partial charge is 0.240 e. The maximum absolute atomic E-state index is 12.4. The van der Waals surface area contributed by atoms with E-state index in [0.29, 0.717) is 17.2 Å². The van der Waals surface area contributed by atoms with Crippen LogP contribution in [-0.4, -0.2) is 41.1 Å². The molecule has 0 saturated heterocycles. The lowest BCUT2D eigenvalue weighted by atomic mass is 10.1. The molecule has 29 heavy (non-hydrogen) atoms. The van der Waals surface area contributed by atoms with E-state index in [1.165, 1.54) is 0 Å². The Bertz CT molecular complexity index is 1140. The normalized spacial score (nSPS) is 11.4. The molecule has 0 aliphatic heterocycles. The zero-order chi connectivity index (χ0) is 21.0. The molecule has 0 saturated carbocycles. The highest BCUT2D eigenvalue weighted by Gasteiger charge is 2.15. The molecule has 0 unspecified atom stereocenters. The molecule has 3 rings (SSSR count). The number of carbonyl (C=O) groups is 1. The van der Waals surface area contributed by atoms with Gasteiger partial charge in [-0.05, 0) is 72.7 Å². The Balaban J connectivity index is 1.58. The number of anilines is 1. The molecule has 152 valence electrons. The van der Waals surface area contributed by atoms with Gasteiger partial charge < -0.3 is 5.32 Å². The summed E-state index contributed by atoms with van der Waals surface area (Å²) in [5.41, 5.74) is 3.19. The SMILES string of the molecule is Cc1ccc(S(=O)(=O)NCCC(=O)Nc2cccc(-n3nnnc3C)c2)cc1C. The monoisotopic (exact) mass is 414 g/mol. The van der Waals surface area contributed by atoms with Crippen molar-refractivity contribution in [3.63, 3.8) is 0 Å². The number of nitrogens with zero attached hydrogens (tertiary/aromatic N) is 4. The first kappa shape index (κ1) is 20.6. The number of aryl methyl sites for hydroxylation is 3. The average Bonchev–Trinajstić information content (AvgIpc) is 3.10. The highest BCUT2D eigenvalue weighted by Crippen LogP contribution is 2.16. The predicted octanol–water partition coefficient (Wildman–Crippen LogP) is 1.89. The molecular weight excluding hydrogens is 392 g/mol. The number of carbonyl (C=O) groups excluding carboxylic acids is 1. The van der Waals surface area contributed by atoms with Crippen LogP contribution in [0.3, 0.4) is 0 Å². The second-order valence-electron chi connectivity index (χ2n) is 6.63. The fourth-order valence-electron chi connectivity index (χ4n) is 2.67. The van der Waals surface area contributed by atoms with Gasteiger partial charge in [0.25, 0.3) is 0 Å². The van der Waals surface area contributed by atoms with E-state index in [1.807, 2.05) is 19.9 Å². The largest absolute Gasteiger partial charge is 0.326 e. The second kappa shape index (κ2) is 8.50. The standard InChI is InChI=1S/C19H22N6O3S/c1-13-7-8-18(11-14(13)2)29(27,28)20-10-9-19(26)21-16-5-4-6-17(12-16)25-15(3)22-23-24-25/h4-8,11-12,20H,9-10H2,1-3H3,(H,21,26). The molecule has 0 atom stereocenters. The molecular formula is C19H22N6O3S. The Morgan fingerprint density at radius 1 is 1.07 bits per heavy atom. The van der Waals surface area contributed by atoms with Crippen molar-refractivity contribution in [1.29, 1.82) is 0 Å². The summed E-state index contributed by atoms with van der Waals surface area (Å²) >= 11 is 0. The molecule has 0 fully saturated rings. The van der Waals surface area contributed by atoms with Gasteiger partial charge in [0.15, 0.2) is 5.82 Å². The van der Waals surface area contributed by atoms with Crippen LogP contribution in [0, 0.1) is 20.8 Å². The van der Waals surface area contributed by atoms with E-state index in [2.05, 4.69) is 25.6 Å². The number of hydrogen-bond acceptors (Lipinski definition) is 6. The summed E-state index contributed by atoms with van der Waals surface area (Å²) in [6, 6.07) is 12.0. The summed E-state index contributed by atoms with van der Waals surface area (Å²) in [6.07, 6.45) is -0.00178. The Hall–Kier alpha value is -3.11. The quantitative estimate of drug-likeness (QED) is 0.609. The molecule has 1 heterocycles. The van der Waals surface area contributed by atoms with Gasteiger partial charge in [0.05, 0.1) is 10.6 Å². The summed E-state index contributed by atoms with van der Waals surface area (Å²) in [6.45, 7) is 5.53. The third-order valence-corrected chi connectivity index (χ3v) is 5.89. The van der Waals surface area contributed by atoms with Gasteiger partial charge in [-0.25, -0.2) is 13.1 Å². The highest BCUT2D eigenvalue weighted by molar-refractivity contribution is 7.89. The van der Waals surface area contributed by atoms with Crippen LogP contribution in [0.25, 0.3) is 5.69 Å². The maximum Gasteiger partial charge on any atom is 0.240 e. The van der Waals surface area contributed by atoms with Gasteiger partial charge in [-0.15, -0.1) is 5.10 Å². The molecule has 0 aliphatic carbocycles.